The summed E-state index contributed by atoms with van der Waals surface area (Å²) in [6.07, 6.45) is 0.630. The Labute approximate surface area is 237 Å². The summed E-state index contributed by atoms with van der Waals surface area (Å²) in [5.74, 6) is -0.545. The molecule has 0 radical (unpaired) electrons. The molecule has 2 heterocycles. The molecule has 1 aromatic heterocycles. The van der Waals surface area contributed by atoms with Crippen molar-refractivity contribution in [1.82, 2.24) is 9.46 Å². The average molecular weight is 601 g/mol. The van der Waals surface area contributed by atoms with Gasteiger partial charge in [0.2, 0.25) is 10.0 Å². The number of halogens is 1. The van der Waals surface area contributed by atoms with Gasteiger partial charge in [-0.3, -0.25) is 9.52 Å². The summed E-state index contributed by atoms with van der Waals surface area (Å²) in [4.78, 5) is 13.2. The predicted octanol–water partition coefficient (Wildman–Crippen LogP) is 4.74. The van der Waals surface area contributed by atoms with Crippen LogP contribution in [-0.4, -0.2) is 38.7 Å². The minimum atomic E-state index is -4.13. The zero-order valence-electron chi connectivity index (χ0n) is 21.5. The van der Waals surface area contributed by atoms with Gasteiger partial charge in [-0.05, 0) is 73.9 Å². The van der Waals surface area contributed by atoms with Gasteiger partial charge in [0.05, 0.1) is 16.1 Å². The van der Waals surface area contributed by atoms with Crippen molar-refractivity contribution >= 4 is 48.9 Å². The van der Waals surface area contributed by atoms with Crippen LogP contribution in [0.25, 0.3) is 0 Å². The fourth-order valence-corrected chi connectivity index (χ4v) is 7.58. The van der Waals surface area contributed by atoms with Gasteiger partial charge < -0.3 is 9.84 Å². The van der Waals surface area contributed by atoms with E-state index in [0.717, 1.165) is 11.1 Å². The van der Waals surface area contributed by atoms with Crippen LogP contribution >= 0.6 is 11.6 Å². The van der Waals surface area contributed by atoms with Crippen LogP contribution in [0.15, 0.2) is 81.0 Å². The molecule has 40 heavy (non-hydrogen) atoms. The Morgan fingerprint density at radius 3 is 2.35 bits per heavy atom. The molecule has 2 N–H and O–H groups in total. The fourth-order valence-electron chi connectivity index (χ4n) is 4.58. The van der Waals surface area contributed by atoms with Crippen LogP contribution < -0.4 is 10.0 Å². The lowest BCUT2D eigenvalue weighted by atomic mass is 10.0. The van der Waals surface area contributed by atoms with Crippen LogP contribution in [0.2, 0.25) is 5.02 Å². The summed E-state index contributed by atoms with van der Waals surface area (Å²) in [6.45, 7) is 3.63. The van der Waals surface area contributed by atoms with E-state index in [1.165, 1.54) is 60.6 Å². The van der Waals surface area contributed by atoms with E-state index in [2.05, 4.69) is 15.2 Å². The molecule has 3 aromatic carbocycles. The van der Waals surface area contributed by atoms with Gasteiger partial charge in [0.25, 0.3) is 15.9 Å². The van der Waals surface area contributed by atoms with Crippen LogP contribution in [0.1, 0.15) is 32.9 Å². The molecule has 0 bridgehead atoms. The van der Waals surface area contributed by atoms with Gasteiger partial charge in [0, 0.05) is 23.8 Å². The van der Waals surface area contributed by atoms with Gasteiger partial charge in [0.1, 0.15) is 5.69 Å². The maximum absolute atomic E-state index is 13.3. The maximum Gasteiger partial charge on any atom is 0.267 e. The first kappa shape index (κ1) is 27.8. The highest BCUT2D eigenvalue weighted by atomic mass is 35.5. The third kappa shape index (κ3) is 5.48. The van der Waals surface area contributed by atoms with Crippen molar-refractivity contribution in [2.75, 3.05) is 16.6 Å². The van der Waals surface area contributed by atoms with Crippen LogP contribution in [0.3, 0.4) is 0 Å². The minimum Gasteiger partial charge on any atom is -0.360 e. The Bertz CT molecular complexity index is 1800. The summed E-state index contributed by atoms with van der Waals surface area (Å²) < 4.78 is 61.4. The summed E-state index contributed by atoms with van der Waals surface area (Å²) >= 11 is 6.11. The highest BCUT2D eigenvalue weighted by molar-refractivity contribution is 7.92. The molecule has 13 heteroatoms. The van der Waals surface area contributed by atoms with Gasteiger partial charge in [-0.1, -0.05) is 41.0 Å². The number of carbonyl (C=O) groups is 1. The number of anilines is 2. The Balaban J connectivity index is 1.34. The maximum atomic E-state index is 13.3. The normalized spacial score (nSPS) is 14.0. The molecule has 0 aliphatic carbocycles. The van der Waals surface area contributed by atoms with E-state index in [0.29, 0.717) is 25.2 Å². The zero-order valence-corrected chi connectivity index (χ0v) is 23.9. The molecule has 5 rings (SSSR count). The van der Waals surface area contributed by atoms with Crippen molar-refractivity contribution in [3.05, 3.63) is 99.9 Å². The number of sulfonamides is 2. The number of fused-ring (bicyclic) bond motifs is 1. The number of hydrogen-bond donors (Lipinski definition) is 2. The van der Waals surface area contributed by atoms with Gasteiger partial charge in [0.15, 0.2) is 10.7 Å². The second-order valence-electron chi connectivity index (χ2n) is 9.28. The average Bonchev–Trinajstić information content (AvgIpc) is 3.28. The second-order valence-corrected chi connectivity index (χ2v) is 13.3. The van der Waals surface area contributed by atoms with E-state index >= 15 is 0 Å². The highest BCUT2D eigenvalue weighted by Gasteiger charge is 2.29. The Hall–Kier alpha value is -3.71. The van der Waals surface area contributed by atoms with Crippen LogP contribution in [-0.2, 0) is 33.0 Å². The number of carbonyl (C=O) groups excluding carboxylic acids is 1. The molecule has 1 amide bonds. The van der Waals surface area contributed by atoms with Crippen molar-refractivity contribution in [2.45, 2.75) is 36.6 Å². The number of hydrogen-bond acceptors (Lipinski definition) is 7. The van der Waals surface area contributed by atoms with E-state index in [1.54, 1.807) is 0 Å². The molecule has 4 aromatic rings. The smallest absolute Gasteiger partial charge is 0.267 e. The lowest BCUT2D eigenvalue weighted by Crippen LogP contribution is -2.35. The van der Waals surface area contributed by atoms with Crippen LogP contribution in [0, 0.1) is 13.8 Å². The van der Waals surface area contributed by atoms with E-state index < -0.39 is 26.0 Å². The number of amides is 1. The number of aromatic nitrogens is 1. The number of nitrogens with zero attached hydrogens (tertiary/aromatic N) is 2. The fraction of sp³-hybridized carbons (Fsp3) is 0.185. The highest BCUT2D eigenvalue weighted by Crippen LogP contribution is 2.29. The lowest BCUT2D eigenvalue weighted by molar-refractivity contribution is 0.102. The molecule has 0 spiro atoms. The predicted molar refractivity (Wildman–Crippen MR) is 150 cm³/mol. The third-order valence-electron chi connectivity index (χ3n) is 6.55. The molecule has 0 saturated heterocycles. The molecule has 208 valence electrons. The SMILES string of the molecule is Cc1noc(C)c1S(=O)(=O)Nc1ccc(Cl)cc1C(=O)Nc1ccc(S(=O)(=O)N2CCc3ccccc3C2)cc1. The van der Waals surface area contributed by atoms with Crippen molar-refractivity contribution < 1.29 is 26.2 Å². The molecular weight excluding hydrogens is 576 g/mol. The minimum absolute atomic E-state index is 0.00789. The van der Waals surface area contributed by atoms with Crippen molar-refractivity contribution in [1.29, 1.82) is 0 Å². The molecule has 0 unspecified atom stereocenters. The van der Waals surface area contributed by atoms with Crippen molar-refractivity contribution in [3.8, 4) is 0 Å². The van der Waals surface area contributed by atoms with E-state index in [1.807, 2.05) is 24.3 Å². The van der Waals surface area contributed by atoms with Gasteiger partial charge in [-0.2, -0.15) is 4.31 Å². The molecule has 10 nitrogen and oxygen atoms in total. The molecular formula is C27H25ClN4O6S2. The first-order valence-corrected chi connectivity index (χ1v) is 15.5. The standard InChI is InChI=1S/C27H25ClN4O6S2/c1-17-26(18(2)38-30-17)39(34,35)31-25-12-7-21(28)15-24(25)27(33)29-22-8-10-23(11-9-22)40(36,37)32-14-13-19-5-3-4-6-20(19)16-32/h3-12,15,31H,13-14,16H2,1-2H3,(H,29,33). The molecule has 1 aliphatic rings. The quantitative estimate of drug-likeness (QED) is 0.312. The van der Waals surface area contributed by atoms with Gasteiger partial charge in [-0.25, -0.2) is 16.8 Å². The number of aryl methyl sites for hydroxylation is 2. The summed E-state index contributed by atoms with van der Waals surface area (Å²) in [5, 5.41) is 6.56. The molecule has 1 aliphatic heterocycles. The Morgan fingerprint density at radius 2 is 1.68 bits per heavy atom. The Morgan fingerprint density at radius 1 is 0.975 bits per heavy atom. The summed E-state index contributed by atoms with van der Waals surface area (Å²) in [5.41, 5.74) is 2.56. The molecule has 0 atom stereocenters. The van der Waals surface area contributed by atoms with E-state index in [-0.39, 0.29) is 37.5 Å². The van der Waals surface area contributed by atoms with Crippen molar-refractivity contribution in [3.63, 3.8) is 0 Å². The lowest BCUT2D eigenvalue weighted by Gasteiger charge is -2.28. The summed E-state index contributed by atoms with van der Waals surface area (Å²) in [7, 11) is -7.87. The topological polar surface area (TPSA) is 139 Å². The third-order valence-corrected chi connectivity index (χ3v) is 10.3. The molecule has 0 fully saturated rings. The largest absolute Gasteiger partial charge is 0.360 e. The molecule has 0 saturated carbocycles. The number of rotatable bonds is 7. The van der Waals surface area contributed by atoms with E-state index in [4.69, 9.17) is 16.1 Å². The number of benzene rings is 3. The first-order valence-electron chi connectivity index (χ1n) is 12.2. The second kappa shape index (κ2) is 10.7. The van der Waals surface area contributed by atoms with Crippen molar-refractivity contribution in [2.24, 2.45) is 0 Å². The summed E-state index contributed by atoms with van der Waals surface area (Å²) in [6, 6.07) is 17.7. The Kier molecular flexibility index (Phi) is 7.44. The first-order chi connectivity index (χ1) is 19.0. The number of nitrogens with one attached hydrogen (secondary N) is 2. The monoisotopic (exact) mass is 600 g/mol. The zero-order chi connectivity index (χ0) is 28.7. The van der Waals surface area contributed by atoms with Crippen LogP contribution in [0.5, 0.6) is 0 Å². The van der Waals surface area contributed by atoms with Gasteiger partial charge in [-0.15, -0.1) is 0 Å². The van der Waals surface area contributed by atoms with E-state index in [9.17, 15) is 21.6 Å². The van der Waals surface area contributed by atoms with Crippen LogP contribution in [0.4, 0.5) is 11.4 Å². The van der Waals surface area contributed by atoms with Gasteiger partial charge >= 0.3 is 0 Å².